The van der Waals surface area contributed by atoms with E-state index in [9.17, 15) is 15.0 Å². The van der Waals surface area contributed by atoms with Crippen molar-refractivity contribution in [2.24, 2.45) is 5.41 Å². The summed E-state index contributed by atoms with van der Waals surface area (Å²) in [6, 6.07) is 0. The lowest BCUT2D eigenvalue weighted by Gasteiger charge is -2.55. The summed E-state index contributed by atoms with van der Waals surface area (Å²) >= 11 is 0. The van der Waals surface area contributed by atoms with Crippen molar-refractivity contribution in [3.8, 4) is 0 Å². The average Bonchev–Trinajstić information content (AvgIpc) is 2.93. The Balaban J connectivity index is 1.43. The third kappa shape index (κ3) is 2.65. The summed E-state index contributed by atoms with van der Waals surface area (Å²) in [5.41, 5.74) is -0.343. The lowest BCUT2D eigenvalue weighted by atomic mass is 9.58. The topological polar surface area (TPSA) is 78.6 Å². The summed E-state index contributed by atoms with van der Waals surface area (Å²) in [5, 5.41) is 19.8. The van der Waals surface area contributed by atoms with Gasteiger partial charge in [-0.05, 0) is 26.2 Å². The van der Waals surface area contributed by atoms with Gasteiger partial charge in [0, 0.05) is 50.3 Å². The Bertz CT molecular complexity index is 524. The second-order valence-corrected chi connectivity index (χ2v) is 6.65. The number of hydrogen-bond acceptors (Lipinski definition) is 4. The molecule has 22 heavy (non-hydrogen) atoms. The van der Waals surface area contributed by atoms with Crippen LogP contribution in [0.4, 0.5) is 0 Å². The molecular formula is C16H25N3O3. The zero-order valence-corrected chi connectivity index (χ0v) is 13.1. The van der Waals surface area contributed by atoms with E-state index >= 15 is 0 Å². The number of piperidine rings is 1. The molecule has 6 nitrogen and oxygen atoms in total. The van der Waals surface area contributed by atoms with Crippen molar-refractivity contribution >= 4 is 5.91 Å². The van der Waals surface area contributed by atoms with E-state index in [-0.39, 0.29) is 11.3 Å². The molecule has 1 amide bonds. The molecule has 1 aliphatic heterocycles. The molecule has 1 saturated carbocycles. The minimum Gasteiger partial charge on any atom is -0.392 e. The van der Waals surface area contributed by atoms with Crippen LogP contribution in [0.25, 0.3) is 0 Å². The number of nitrogens with zero attached hydrogens (tertiary/aromatic N) is 3. The first-order valence-electron chi connectivity index (χ1n) is 8.14. The van der Waals surface area contributed by atoms with Gasteiger partial charge >= 0.3 is 0 Å². The summed E-state index contributed by atoms with van der Waals surface area (Å²) in [5.74, 6) is 1.15. The van der Waals surface area contributed by atoms with Gasteiger partial charge in [-0.1, -0.05) is 0 Å². The number of aliphatic hydroxyl groups is 2. The van der Waals surface area contributed by atoms with Gasteiger partial charge in [-0.25, -0.2) is 4.98 Å². The highest BCUT2D eigenvalue weighted by molar-refractivity contribution is 5.76. The Morgan fingerprint density at radius 2 is 2.05 bits per heavy atom. The maximum absolute atomic E-state index is 12.3. The van der Waals surface area contributed by atoms with Crippen LogP contribution in [0.3, 0.4) is 0 Å². The average molecular weight is 307 g/mol. The number of amides is 1. The first-order chi connectivity index (χ1) is 10.5. The van der Waals surface area contributed by atoms with Gasteiger partial charge in [-0.2, -0.15) is 0 Å². The fourth-order valence-corrected chi connectivity index (χ4v) is 3.78. The number of carbonyl (C=O) groups is 1. The van der Waals surface area contributed by atoms with Crippen LogP contribution in [0.5, 0.6) is 0 Å². The van der Waals surface area contributed by atoms with Crippen molar-refractivity contribution < 1.29 is 15.0 Å². The molecule has 2 atom stereocenters. The van der Waals surface area contributed by atoms with Crippen molar-refractivity contribution in [1.82, 2.24) is 14.5 Å². The van der Waals surface area contributed by atoms with Gasteiger partial charge in [0.15, 0.2) is 0 Å². The van der Waals surface area contributed by atoms with E-state index in [0.717, 1.165) is 18.8 Å². The van der Waals surface area contributed by atoms with Gasteiger partial charge in [0.05, 0.1) is 12.2 Å². The smallest absolute Gasteiger partial charge is 0.222 e. The maximum Gasteiger partial charge on any atom is 0.222 e. The molecule has 2 unspecified atom stereocenters. The van der Waals surface area contributed by atoms with Gasteiger partial charge in [0.1, 0.15) is 5.82 Å². The molecule has 0 bridgehead atoms. The Hall–Kier alpha value is -1.40. The first-order valence-corrected chi connectivity index (χ1v) is 8.14. The molecule has 2 heterocycles. The lowest BCUT2D eigenvalue weighted by Crippen LogP contribution is -2.61. The third-order valence-electron chi connectivity index (χ3n) is 5.53. The van der Waals surface area contributed by atoms with Crippen LogP contribution in [0, 0.1) is 12.3 Å². The fourth-order valence-electron chi connectivity index (χ4n) is 3.78. The van der Waals surface area contributed by atoms with E-state index in [2.05, 4.69) is 9.55 Å². The van der Waals surface area contributed by atoms with Gasteiger partial charge in [0.2, 0.25) is 5.91 Å². The number of hydrogen-bond donors (Lipinski definition) is 2. The number of rotatable bonds is 4. The van der Waals surface area contributed by atoms with E-state index in [1.807, 2.05) is 18.0 Å². The summed E-state index contributed by atoms with van der Waals surface area (Å²) in [6.07, 6.45) is 6.16. The number of likely N-dealkylation sites (tertiary alicyclic amines) is 1. The molecule has 1 aliphatic carbocycles. The summed E-state index contributed by atoms with van der Waals surface area (Å²) in [6.45, 7) is 4.07. The SMILES string of the molecule is Cc1nccn1CCCC(=O)N1CCC2(CC1)C(O)CC2O. The van der Waals surface area contributed by atoms with Crippen LogP contribution in [-0.2, 0) is 11.3 Å². The fraction of sp³-hybridized carbons (Fsp3) is 0.750. The zero-order valence-electron chi connectivity index (χ0n) is 13.1. The van der Waals surface area contributed by atoms with E-state index < -0.39 is 12.2 Å². The predicted octanol–water partition coefficient (Wildman–Crippen LogP) is 0.706. The molecule has 2 aliphatic rings. The van der Waals surface area contributed by atoms with Crippen LogP contribution >= 0.6 is 0 Å². The molecule has 122 valence electrons. The molecular weight excluding hydrogens is 282 g/mol. The van der Waals surface area contributed by atoms with E-state index in [4.69, 9.17) is 0 Å². The number of aliphatic hydroxyl groups excluding tert-OH is 2. The van der Waals surface area contributed by atoms with Crippen LogP contribution in [-0.4, -0.2) is 55.9 Å². The van der Waals surface area contributed by atoms with Crippen molar-refractivity contribution in [3.63, 3.8) is 0 Å². The van der Waals surface area contributed by atoms with Crippen molar-refractivity contribution in [2.75, 3.05) is 13.1 Å². The van der Waals surface area contributed by atoms with Crippen molar-refractivity contribution in [2.45, 2.75) is 57.8 Å². The van der Waals surface area contributed by atoms with Crippen LogP contribution < -0.4 is 0 Å². The van der Waals surface area contributed by atoms with E-state index in [1.54, 1.807) is 6.20 Å². The second kappa shape index (κ2) is 6.01. The highest BCUT2D eigenvalue weighted by Gasteiger charge is 2.54. The van der Waals surface area contributed by atoms with Gasteiger partial charge in [-0.15, -0.1) is 0 Å². The Morgan fingerprint density at radius 1 is 1.36 bits per heavy atom. The van der Waals surface area contributed by atoms with E-state index in [0.29, 0.717) is 38.8 Å². The summed E-state index contributed by atoms with van der Waals surface area (Å²) in [7, 11) is 0. The van der Waals surface area contributed by atoms with Gasteiger partial charge in [0.25, 0.3) is 0 Å². The normalized spacial score (nSPS) is 27.0. The molecule has 1 aromatic heterocycles. The summed E-state index contributed by atoms with van der Waals surface area (Å²) in [4.78, 5) is 18.3. The number of carbonyl (C=O) groups excluding carboxylic acids is 1. The molecule has 2 N–H and O–H groups in total. The van der Waals surface area contributed by atoms with Crippen LogP contribution in [0.15, 0.2) is 12.4 Å². The monoisotopic (exact) mass is 307 g/mol. The number of aromatic nitrogens is 2. The molecule has 0 aromatic carbocycles. The minimum absolute atomic E-state index is 0.177. The van der Waals surface area contributed by atoms with Crippen LogP contribution in [0.1, 0.15) is 37.9 Å². The predicted molar refractivity (Wildman–Crippen MR) is 81.1 cm³/mol. The summed E-state index contributed by atoms with van der Waals surface area (Å²) < 4.78 is 2.06. The number of imidazole rings is 1. The molecule has 6 heteroatoms. The van der Waals surface area contributed by atoms with Crippen molar-refractivity contribution in [3.05, 3.63) is 18.2 Å². The molecule has 0 radical (unpaired) electrons. The quantitative estimate of drug-likeness (QED) is 0.858. The Kier molecular flexibility index (Phi) is 4.23. The standard InChI is InChI=1S/C16H25N3O3/c1-12-17-6-10-18(12)7-2-3-15(22)19-8-4-16(5-9-19)13(20)11-14(16)21/h6,10,13-14,20-21H,2-5,7-9,11H2,1H3. The second-order valence-electron chi connectivity index (χ2n) is 6.65. The molecule has 1 spiro atoms. The van der Waals surface area contributed by atoms with Crippen molar-refractivity contribution in [1.29, 1.82) is 0 Å². The molecule has 1 saturated heterocycles. The van der Waals surface area contributed by atoms with Gasteiger partial charge in [-0.3, -0.25) is 4.79 Å². The van der Waals surface area contributed by atoms with Gasteiger partial charge < -0.3 is 19.7 Å². The highest BCUT2D eigenvalue weighted by atomic mass is 16.3. The lowest BCUT2D eigenvalue weighted by molar-refractivity contribution is -0.191. The van der Waals surface area contributed by atoms with E-state index in [1.165, 1.54) is 0 Å². The van der Waals surface area contributed by atoms with Crippen LogP contribution in [0.2, 0.25) is 0 Å². The number of aryl methyl sites for hydroxylation is 2. The minimum atomic E-state index is -0.399. The zero-order chi connectivity index (χ0) is 15.7. The Labute approximate surface area is 130 Å². The molecule has 2 fully saturated rings. The largest absolute Gasteiger partial charge is 0.392 e. The third-order valence-corrected chi connectivity index (χ3v) is 5.53. The molecule has 1 aromatic rings. The Morgan fingerprint density at radius 3 is 2.59 bits per heavy atom. The molecule has 3 rings (SSSR count). The first kappa shape index (κ1) is 15.5. The highest BCUT2D eigenvalue weighted by Crippen LogP contribution is 2.49. The maximum atomic E-state index is 12.3.